The van der Waals surface area contributed by atoms with Gasteiger partial charge in [-0.25, -0.2) is 17.9 Å². The number of carbonyl (C=O) groups is 1. The maximum absolute atomic E-state index is 13.2. The third-order valence-electron chi connectivity index (χ3n) is 6.28. The van der Waals surface area contributed by atoms with Crippen LogP contribution >= 0.6 is 0 Å². The van der Waals surface area contributed by atoms with E-state index in [1.807, 2.05) is 36.4 Å². The lowest BCUT2D eigenvalue weighted by Crippen LogP contribution is -2.44. The van der Waals surface area contributed by atoms with E-state index in [0.29, 0.717) is 17.1 Å². The molecule has 3 heterocycles. The van der Waals surface area contributed by atoms with Gasteiger partial charge in [-0.1, -0.05) is 44.2 Å². The normalized spacial score (nSPS) is 24.0. The minimum Gasteiger partial charge on any atom is -0.441 e. The Kier molecular flexibility index (Phi) is 6.45. The Hall–Kier alpha value is -3.05. The van der Waals surface area contributed by atoms with E-state index in [4.69, 9.17) is 14.2 Å². The van der Waals surface area contributed by atoms with Gasteiger partial charge in [0.15, 0.2) is 6.10 Å². The minimum absolute atomic E-state index is 0.0905. The summed E-state index contributed by atoms with van der Waals surface area (Å²) in [6, 6.07) is 15.5. The molecule has 2 aromatic carbocycles. The number of aromatic nitrogens is 1. The molecule has 2 N–H and O–H groups in total. The standard InChI is InChI=1S/C25H27N3O6S/c1-15(2)16-8-10-18(11-9-16)27-25(29)34-20-14-33-23-19(13-32-24(20)23)28-35(30,31)21-7-3-5-17-6-4-12-26-22(17)21/h3-12,15,19-20,23-24,28H,13-14H2,1-2H3,(H,27,29). The van der Waals surface area contributed by atoms with Gasteiger partial charge >= 0.3 is 6.09 Å². The predicted octanol–water partition coefficient (Wildman–Crippen LogP) is 3.42. The van der Waals surface area contributed by atoms with E-state index in [9.17, 15) is 13.2 Å². The summed E-state index contributed by atoms with van der Waals surface area (Å²) >= 11 is 0. The lowest BCUT2D eigenvalue weighted by molar-refractivity contribution is 0.00883. The summed E-state index contributed by atoms with van der Waals surface area (Å²) in [6.07, 6.45) is -0.852. The molecule has 2 fully saturated rings. The summed E-state index contributed by atoms with van der Waals surface area (Å²) in [5.74, 6) is 0.394. The number of nitrogens with one attached hydrogen (secondary N) is 2. The van der Waals surface area contributed by atoms with Gasteiger partial charge in [0.05, 0.1) is 24.8 Å². The fraction of sp³-hybridized carbons (Fsp3) is 0.360. The monoisotopic (exact) mass is 497 g/mol. The number of ether oxygens (including phenoxy) is 3. The fourth-order valence-electron chi connectivity index (χ4n) is 4.46. The molecule has 2 aliphatic rings. The van der Waals surface area contributed by atoms with E-state index in [0.717, 1.165) is 5.39 Å². The molecule has 1 amide bonds. The van der Waals surface area contributed by atoms with E-state index in [1.54, 1.807) is 18.3 Å². The van der Waals surface area contributed by atoms with Crippen LogP contribution in [0.2, 0.25) is 0 Å². The highest BCUT2D eigenvalue weighted by Gasteiger charge is 2.50. The molecule has 0 saturated carbocycles. The van der Waals surface area contributed by atoms with Gasteiger partial charge in [-0.3, -0.25) is 10.3 Å². The molecule has 3 aromatic rings. The highest BCUT2D eigenvalue weighted by molar-refractivity contribution is 7.89. The Balaban J connectivity index is 1.22. The molecule has 2 saturated heterocycles. The molecule has 0 aliphatic carbocycles. The minimum atomic E-state index is -3.89. The quantitative estimate of drug-likeness (QED) is 0.536. The Bertz CT molecular complexity index is 1320. The number of fused-ring (bicyclic) bond motifs is 2. The third kappa shape index (κ3) is 4.87. The molecule has 9 nitrogen and oxygen atoms in total. The maximum atomic E-state index is 13.2. The van der Waals surface area contributed by atoms with Crippen LogP contribution in [0.3, 0.4) is 0 Å². The third-order valence-corrected chi connectivity index (χ3v) is 7.80. The van der Waals surface area contributed by atoms with E-state index >= 15 is 0 Å². The van der Waals surface area contributed by atoms with E-state index < -0.39 is 40.5 Å². The average molecular weight is 498 g/mol. The van der Waals surface area contributed by atoms with Crippen LogP contribution in [0.5, 0.6) is 0 Å². The van der Waals surface area contributed by atoms with Crippen molar-refractivity contribution in [3.63, 3.8) is 0 Å². The summed E-state index contributed by atoms with van der Waals surface area (Å²) in [4.78, 5) is 16.8. The van der Waals surface area contributed by atoms with Gasteiger partial charge in [0.1, 0.15) is 17.1 Å². The van der Waals surface area contributed by atoms with Gasteiger partial charge in [-0.05, 0) is 35.7 Å². The number of amides is 1. The second kappa shape index (κ2) is 9.54. The van der Waals surface area contributed by atoms with Crippen LogP contribution in [0.15, 0.2) is 65.7 Å². The highest BCUT2D eigenvalue weighted by atomic mass is 32.2. The van der Waals surface area contributed by atoms with Crippen molar-refractivity contribution < 1.29 is 27.4 Å². The summed E-state index contributed by atoms with van der Waals surface area (Å²) in [7, 11) is -3.89. The van der Waals surface area contributed by atoms with Crippen molar-refractivity contribution in [2.75, 3.05) is 18.5 Å². The second-order valence-corrected chi connectivity index (χ2v) is 10.7. The Morgan fingerprint density at radius 1 is 1.03 bits per heavy atom. The van der Waals surface area contributed by atoms with Crippen molar-refractivity contribution in [1.82, 2.24) is 9.71 Å². The number of nitrogens with zero attached hydrogens (tertiary/aromatic N) is 1. The van der Waals surface area contributed by atoms with Gasteiger partial charge in [-0.2, -0.15) is 0 Å². The molecule has 5 rings (SSSR count). The lowest BCUT2D eigenvalue weighted by Gasteiger charge is -2.18. The number of rotatable bonds is 6. The number of anilines is 1. The molecule has 184 valence electrons. The molecule has 2 aliphatic heterocycles. The smallest absolute Gasteiger partial charge is 0.412 e. The molecular formula is C25H27N3O6S. The molecule has 0 bridgehead atoms. The van der Waals surface area contributed by atoms with E-state index in [-0.39, 0.29) is 18.1 Å². The maximum Gasteiger partial charge on any atom is 0.412 e. The molecule has 35 heavy (non-hydrogen) atoms. The van der Waals surface area contributed by atoms with Crippen LogP contribution in [-0.4, -0.2) is 57.1 Å². The van der Waals surface area contributed by atoms with Crippen LogP contribution in [0, 0.1) is 0 Å². The van der Waals surface area contributed by atoms with Crippen LogP contribution in [0.4, 0.5) is 10.5 Å². The van der Waals surface area contributed by atoms with E-state index in [2.05, 4.69) is 28.9 Å². The molecular weight excluding hydrogens is 470 g/mol. The molecule has 10 heteroatoms. The Morgan fingerprint density at radius 2 is 1.77 bits per heavy atom. The summed E-state index contributed by atoms with van der Waals surface area (Å²) < 4.78 is 46.1. The van der Waals surface area contributed by atoms with Crippen LogP contribution < -0.4 is 10.0 Å². The average Bonchev–Trinajstić information content (AvgIpc) is 3.42. The zero-order valence-corrected chi connectivity index (χ0v) is 20.2. The zero-order chi connectivity index (χ0) is 24.6. The molecule has 4 atom stereocenters. The number of pyridine rings is 1. The number of para-hydroxylation sites is 1. The van der Waals surface area contributed by atoms with Gasteiger partial charge in [0.25, 0.3) is 0 Å². The first kappa shape index (κ1) is 23.7. The van der Waals surface area contributed by atoms with Crippen molar-refractivity contribution in [1.29, 1.82) is 0 Å². The lowest BCUT2D eigenvalue weighted by atomic mass is 10.0. The van der Waals surface area contributed by atoms with Gasteiger partial charge in [0, 0.05) is 17.3 Å². The number of hydrogen-bond acceptors (Lipinski definition) is 7. The van der Waals surface area contributed by atoms with Crippen LogP contribution in [-0.2, 0) is 24.2 Å². The molecule has 0 spiro atoms. The largest absolute Gasteiger partial charge is 0.441 e. The topological polar surface area (TPSA) is 116 Å². The Morgan fingerprint density at radius 3 is 2.54 bits per heavy atom. The Labute approximate surface area is 203 Å². The van der Waals surface area contributed by atoms with Crippen molar-refractivity contribution in [2.24, 2.45) is 0 Å². The van der Waals surface area contributed by atoms with Crippen molar-refractivity contribution in [3.05, 3.63) is 66.4 Å². The highest BCUT2D eigenvalue weighted by Crippen LogP contribution is 2.31. The van der Waals surface area contributed by atoms with Crippen LogP contribution in [0.1, 0.15) is 25.3 Å². The number of carbonyl (C=O) groups excluding carboxylic acids is 1. The van der Waals surface area contributed by atoms with Crippen molar-refractivity contribution >= 4 is 32.7 Å². The van der Waals surface area contributed by atoms with Crippen molar-refractivity contribution in [2.45, 2.75) is 49.0 Å². The first-order chi connectivity index (χ1) is 16.8. The molecule has 4 unspecified atom stereocenters. The van der Waals surface area contributed by atoms with Gasteiger partial charge in [0.2, 0.25) is 10.0 Å². The first-order valence-corrected chi connectivity index (χ1v) is 13.0. The zero-order valence-electron chi connectivity index (χ0n) is 19.4. The SMILES string of the molecule is CC(C)c1ccc(NC(=O)OC2COC3C(NS(=O)(=O)c4cccc5cccnc45)COC23)cc1. The van der Waals surface area contributed by atoms with Crippen molar-refractivity contribution in [3.8, 4) is 0 Å². The number of sulfonamides is 1. The fourth-order valence-corrected chi connectivity index (χ4v) is 5.87. The summed E-state index contributed by atoms with van der Waals surface area (Å²) in [5.41, 5.74) is 2.18. The summed E-state index contributed by atoms with van der Waals surface area (Å²) in [6.45, 7) is 4.41. The van der Waals surface area contributed by atoms with Crippen LogP contribution in [0.25, 0.3) is 10.9 Å². The number of hydrogen-bond donors (Lipinski definition) is 2. The molecule has 0 radical (unpaired) electrons. The number of benzene rings is 2. The first-order valence-electron chi connectivity index (χ1n) is 11.5. The predicted molar refractivity (Wildman–Crippen MR) is 130 cm³/mol. The van der Waals surface area contributed by atoms with Gasteiger partial charge in [-0.15, -0.1) is 0 Å². The summed E-state index contributed by atoms with van der Waals surface area (Å²) in [5, 5.41) is 3.44. The second-order valence-electron chi connectivity index (χ2n) is 9.00. The van der Waals surface area contributed by atoms with Gasteiger partial charge < -0.3 is 14.2 Å². The molecule has 1 aromatic heterocycles. The van der Waals surface area contributed by atoms with E-state index in [1.165, 1.54) is 11.6 Å².